The lowest BCUT2D eigenvalue weighted by Gasteiger charge is -2.41. The number of rotatable bonds is 8. The molecule has 5 nitrogen and oxygen atoms in total. The molecule has 5 rings (SSSR count). The Balaban J connectivity index is 1.45. The molecule has 1 heterocycles. The van der Waals surface area contributed by atoms with Crippen molar-refractivity contribution in [1.82, 2.24) is 15.3 Å². The Bertz CT molecular complexity index is 1450. The number of benzene rings is 3. The fourth-order valence-corrected chi connectivity index (χ4v) is 5.99. The van der Waals surface area contributed by atoms with E-state index in [1.165, 1.54) is 29.3 Å². The van der Waals surface area contributed by atoms with Gasteiger partial charge in [-0.05, 0) is 83.8 Å². The van der Waals surface area contributed by atoms with Gasteiger partial charge < -0.3 is 5.32 Å². The van der Waals surface area contributed by atoms with Gasteiger partial charge in [-0.2, -0.15) is 13.2 Å². The fourth-order valence-electron chi connectivity index (χ4n) is 5.99. The number of carbonyl (C=O) groups excluding carboxylic acids is 2. The molecule has 1 atom stereocenters. The maximum Gasteiger partial charge on any atom is 0.407 e. The molecule has 222 valence electrons. The first kappa shape index (κ1) is 29.7. The van der Waals surface area contributed by atoms with Crippen molar-refractivity contribution in [2.75, 3.05) is 19.6 Å². The number of nitrogens with one attached hydrogen (secondary N) is 1. The van der Waals surface area contributed by atoms with Crippen LogP contribution in [0.2, 0.25) is 0 Å². The first-order valence-corrected chi connectivity index (χ1v) is 14.2. The molecule has 1 fully saturated rings. The number of piperidine rings is 1. The van der Waals surface area contributed by atoms with Crippen molar-refractivity contribution in [2.24, 2.45) is 0 Å². The van der Waals surface area contributed by atoms with E-state index in [4.69, 9.17) is 0 Å². The van der Waals surface area contributed by atoms with Crippen molar-refractivity contribution >= 4 is 11.8 Å². The molecule has 1 aliphatic heterocycles. The number of fused-ring (bicyclic) bond motifs is 3. The summed E-state index contributed by atoms with van der Waals surface area (Å²) >= 11 is 0. The van der Waals surface area contributed by atoms with Crippen molar-refractivity contribution in [1.29, 1.82) is 0 Å². The molecule has 3 aromatic rings. The molecule has 0 bridgehead atoms. The average molecular weight is 586 g/mol. The number of nitrogens with zero attached hydrogens (tertiary/aromatic N) is 2. The number of alkyl halides is 3. The van der Waals surface area contributed by atoms with E-state index in [0.717, 1.165) is 12.5 Å². The minimum atomic E-state index is -4.72. The number of amides is 2. The number of carbonyl (C=O) groups is 2. The summed E-state index contributed by atoms with van der Waals surface area (Å²) in [5.74, 6) is -3.61. The van der Waals surface area contributed by atoms with Crippen LogP contribution in [0, 0.1) is 11.6 Å². The van der Waals surface area contributed by atoms with Gasteiger partial charge >= 0.3 is 6.18 Å². The molecule has 0 spiro atoms. The summed E-state index contributed by atoms with van der Waals surface area (Å²) in [6, 6.07) is 15.0. The van der Waals surface area contributed by atoms with Gasteiger partial charge in [0.1, 0.15) is 18.2 Å². The molecule has 1 saturated heterocycles. The van der Waals surface area contributed by atoms with E-state index in [1.54, 1.807) is 30.3 Å². The average Bonchev–Trinajstić information content (AvgIpc) is 3.29. The van der Waals surface area contributed by atoms with Crippen molar-refractivity contribution in [3.63, 3.8) is 0 Å². The van der Waals surface area contributed by atoms with Crippen molar-refractivity contribution < 1.29 is 31.5 Å². The first-order chi connectivity index (χ1) is 20.1. The zero-order valence-electron chi connectivity index (χ0n) is 23.2. The SMILES string of the molecule is CCCCc1c(F)ccc2c1C(C(=O)N(CC(F)(F)F)N1CCC(NC(=O)c3ccccc3)CC1)c1cc(F)ccc1-2. The van der Waals surface area contributed by atoms with E-state index in [-0.39, 0.29) is 36.2 Å². The van der Waals surface area contributed by atoms with Gasteiger partial charge in [-0.15, -0.1) is 0 Å². The van der Waals surface area contributed by atoms with Gasteiger partial charge in [-0.3, -0.25) is 14.6 Å². The zero-order valence-corrected chi connectivity index (χ0v) is 23.2. The third-order valence-electron chi connectivity index (χ3n) is 8.00. The monoisotopic (exact) mass is 585 g/mol. The minimum Gasteiger partial charge on any atom is -0.349 e. The lowest BCUT2D eigenvalue weighted by Crippen LogP contribution is -2.56. The van der Waals surface area contributed by atoms with Gasteiger partial charge in [-0.25, -0.2) is 13.8 Å². The Morgan fingerprint density at radius 2 is 1.67 bits per heavy atom. The van der Waals surface area contributed by atoms with Crippen molar-refractivity contribution in [2.45, 2.75) is 57.2 Å². The highest BCUT2D eigenvalue weighted by atomic mass is 19.4. The fraction of sp³-hybridized carbons (Fsp3) is 0.375. The van der Waals surface area contributed by atoms with Crippen LogP contribution >= 0.6 is 0 Å². The van der Waals surface area contributed by atoms with Crippen LogP contribution in [0.25, 0.3) is 11.1 Å². The van der Waals surface area contributed by atoms with Crippen LogP contribution in [0.5, 0.6) is 0 Å². The van der Waals surface area contributed by atoms with Gasteiger partial charge in [0, 0.05) is 24.7 Å². The van der Waals surface area contributed by atoms with Gasteiger partial charge in [0.25, 0.3) is 5.91 Å². The summed E-state index contributed by atoms with van der Waals surface area (Å²) in [6.07, 6.45) is -2.40. The molecule has 0 radical (unpaired) electrons. The van der Waals surface area contributed by atoms with E-state index in [9.17, 15) is 27.2 Å². The normalized spacial score (nSPS) is 17.0. The second-order valence-electron chi connectivity index (χ2n) is 10.8. The van der Waals surface area contributed by atoms with Crippen molar-refractivity contribution in [3.05, 3.63) is 94.6 Å². The Hall–Kier alpha value is -3.79. The predicted octanol–water partition coefficient (Wildman–Crippen LogP) is 6.62. The largest absolute Gasteiger partial charge is 0.407 e. The molecule has 1 unspecified atom stereocenters. The lowest BCUT2D eigenvalue weighted by atomic mass is 9.89. The zero-order chi connectivity index (χ0) is 30.0. The first-order valence-electron chi connectivity index (χ1n) is 14.2. The van der Waals surface area contributed by atoms with Gasteiger partial charge in [0.15, 0.2) is 0 Å². The van der Waals surface area contributed by atoms with Crippen LogP contribution in [-0.2, 0) is 11.2 Å². The smallest absolute Gasteiger partial charge is 0.349 e. The van der Waals surface area contributed by atoms with E-state index >= 15 is 4.39 Å². The third kappa shape index (κ3) is 6.18. The van der Waals surface area contributed by atoms with E-state index in [2.05, 4.69) is 5.32 Å². The maximum atomic E-state index is 15.2. The molecule has 10 heteroatoms. The van der Waals surface area contributed by atoms with Gasteiger partial charge in [0.05, 0.1) is 5.92 Å². The maximum absolute atomic E-state index is 15.2. The molecular weight excluding hydrogens is 553 g/mol. The number of hydrogen-bond donors (Lipinski definition) is 1. The molecule has 1 aliphatic carbocycles. The summed E-state index contributed by atoms with van der Waals surface area (Å²) in [5.41, 5.74) is 2.34. The summed E-state index contributed by atoms with van der Waals surface area (Å²) in [6.45, 7) is 0.569. The Morgan fingerprint density at radius 1 is 0.976 bits per heavy atom. The summed E-state index contributed by atoms with van der Waals surface area (Å²) in [7, 11) is 0. The van der Waals surface area contributed by atoms with Crippen LogP contribution in [0.1, 0.15) is 65.6 Å². The Morgan fingerprint density at radius 3 is 2.33 bits per heavy atom. The Labute approximate surface area is 241 Å². The van der Waals surface area contributed by atoms with E-state index in [0.29, 0.717) is 52.9 Å². The quantitative estimate of drug-likeness (QED) is 0.303. The molecule has 2 aliphatic rings. The van der Waals surface area contributed by atoms with Crippen LogP contribution in [0.4, 0.5) is 22.0 Å². The third-order valence-corrected chi connectivity index (χ3v) is 8.00. The highest BCUT2D eigenvalue weighted by molar-refractivity contribution is 5.97. The van der Waals surface area contributed by atoms with Crippen LogP contribution in [0.3, 0.4) is 0 Å². The standard InChI is InChI=1S/C32H32F5N3O2/c1-2-3-9-25-27(34)13-12-24-23-11-10-21(33)18-26(23)29(28(24)25)31(42)40(19-32(35,36)37)39-16-14-22(15-17-39)38-30(41)20-7-5-4-6-8-20/h4-8,10-13,18,22,29H,2-3,9,14-17,19H2,1H3,(H,38,41). The van der Waals surface area contributed by atoms with E-state index in [1.807, 2.05) is 6.92 Å². The molecular formula is C32H32F5N3O2. The highest BCUT2D eigenvalue weighted by Gasteiger charge is 2.44. The second kappa shape index (κ2) is 12.2. The minimum absolute atomic E-state index is 0.0863. The topological polar surface area (TPSA) is 52.7 Å². The number of halogens is 5. The van der Waals surface area contributed by atoms with Crippen LogP contribution in [-0.4, -0.2) is 53.7 Å². The van der Waals surface area contributed by atoms with Gasteiger partial charge in [-0.1, -0.05) is 43.7 Å². The van der Waals surface area contributed by atoms with Gasteiger partial charge in [0.2, 0.25) is 5.91 Å². The Kier molecular flexibility index (Phi) is 8.63. The summed E-state index contributed by atoms with van der Waals surface area (Å²) in [5, 5.41) is 4.96. The highest BCUT2D eigenvalue weighted by Crippen LogP contribution is 2.48. The van der Waals surface area contributed by atoms with Crippen LogP contribution in [0.15, 0.2) is 60.7 Å². The molecule has 2 amide bonds. The van der Waals surface area contributed by atoms with Crippen molar-refractivity contribution in [3.8, 4) is 11.1 Å². The second-order valence-corrected chi connectivity index (χ2v) is 10.8. The summed E-state index contributed by atoms with van der Waals surface area (Å²) < 4.78 is 71.4. The lowest BCUT2D eigenvalue weighted by molar-refractivity contribution is -0.194. The molecule has 1 N–H and O–H groups in total. The number of hydrogen-bond acceptors (Lipinski definition) is 3. The number of unbranched alkanes of at least 4 members (excludes halogenated alkanes) is 1. The van der Waals surface area contributed by atoms with Crippen LogP contribution < -0.4 is 5.32 Å². The molecule has 0 saturated carbocycles. The predicted molar refractivity (Wildman–Crippen MR) is 149 cm³/mol. The molecule has 0 aromatic heterocycles. The van der Waals surface area contributed by atoms with E-state index < -0.39 is 36.2 Å². The summed E-state index contributed by atoms with van der Waals surface area (Å²) in [4.78, 5) is 26.8. The molecule has 42 heavy (non-hydrogen) atoms. The molecule has 3 aromatic carbocycles. The number of hydrazine groups is 1.